The van der Waals surface area contributed by atoms with Gasteiger partial charge in [0.25, 0.3) is 6.47 Å². The maximum absolute atomic E-state index is 10.1. The summed E-state index contributed by atoms with van der Waals surface area (Å²) in [6.45, 7) is 6.75. The average molecular weight is 227 g/mol. The van der Waals surface area contributed by atoms with Gasteiger partial charge in [-0.25, -0.2) is 0 Å². The Hall–Kier alpha value is -1.26. The maximum atomic E-state index is 10.1. The number of rotatable bonds is 4. The van der Waals surface area contributed by atoms with Gasteiger partial charge in [0.1, 0.15) is 12.8 Å². The van der Waals surface area contributed by atoms with Gasteiger partial charge in [0.15, 0.2) is 0 Å². The minimum absolute atomic E-state index is 0.165. The first-order valence-corrected chi connectivity index (χ1v) is 5.36. The lowest BCUT2D eigenvalue weighted by molar-refractivity contribution is -0.160. The molecule has 0 aromatic carbocycles. The number of nitrogens with zero attached hydrogens (tertiary/aromatic N) is 3. The van der Waals surface area contributed by atoms with Crippen molar-refractivity contribution in [1.29, 1.82) is 0 Å². The number of azide groups is 1. The molecule has 1 heterocycles. The highest BCUT2D eigenvalue weighted by molar-refractivity contribution is 5.36. The van der Waals surface area contributed by atoms with Crippen LogP contribution in [0.25, 0.3) is 10.4 Å². The summed E-state index contributed by atoms with van der Waals surface area (Å²) in [6.07, 6.45) is -0.677. The molecule has 0 amide bonds. The van der Waals surface area contributed by atoms with Gasteiger partial charge in [0, 0.05) is 4.91 Å². The molecule has 1 saturated heterocycles. The molecule has 0 N–H and O–H groups in total. The summed E-state index contributed by atoms with van der Waals surface area (Å²) in [4.78, 5) is 12.9. The van der Waals surface area contributed by atoms with Gasteiger partial charge in [-0.2, -0.15) is 0 Å². The summed E-state index contributed by atoms with van der Waals surface area (Å²) < 4.78 is 10.3. The number of carbonyl (C=O) groups excluding carboxylic acids is 1. The molecule has 0 spiro atoms. The second kappa shape index (κ2) is 5.72. The van der Waals surface area contributed by atoms with Crippen LogP contribution in [0.1, 0.15) is 20.8 Å². The van der Waals surface area contributed by atoms with Crippen LogP contribution in [0.15, 0.2) is 5.11 Å². The lowest BCUT2D eigenvalue weighted by Crippen LogP contribution is -2.45. The summed E-state index contributed by atoms with van der Waals surface area (Å²) in [5.41, 5.74) is 8.44. The maximum Gasteiger partial charge on any atom is 0.293 e. The minimum atomic E-state index is -0.476. The zero-order chi connectivity index (χ0) is 12.1. The third-order valence-electron chi connectivity index (χ3n) is 3.50. The summed E-state index contributed by atoms with van der Waals surface area (Å²) in [7, 11) is 0. The fourth-order valence-electron chi connectivity index (χ4n) is 2.01. The van der Waals surface area contributed by atoms with Crippen LogP contribution < -0.4 is 0 Å². The molecule has 2 unspecified atom stereocenters. The van der Waals surface area contributed by atoms with Gasteiger partial charge in [-0.1, -0.05) is 25.9 Å². The standard InChI is InChI=1S/C10H17N3O3/c1-6-7(2)9(4-15-5-14)16-10(8(6)3)12-13-11/h5-10H,4H2,1-3H3/t6-,7-,8?,9?,10+/m0/s1. The van der Waals surface area contributed by atoms with E-state index in [1.165, 1.54) is 0 Å². The summed E-state index contributed by atoms with van der Waals surface area (Å²) in [5, 5.41) is 3.62. The minimum Gasteiger partial charge on any atom is -0.465 e. The largest absolute Gasteiger partial charge is 0.465 e. The highest BCUT2D eigenvalue weighted by atomic mass is 16.6. The van der Waals surface area contributed by atoms with Crippen molar-refractivity contribution in [2.24, 2.45) is 22.9 Å². The quantitative estimate of drug-likeness (QED) is 0.319. The molecule has 0 saturated carbocycles. The molecule has 0 aliphatic carbocycles. The molecule has 6 nitrogen and oxygen atoms in total. The van der Waals surface area contributed by atoms with Crippen molar-refractivity contribution in [1.82, 2.24) is 0 Å². The summed E-state index contributed by atoms with van der Waals surface area (Å²) >= 11 is 0. The normalized spacial score (nSPS) is 38.6. The molecular weight excluding hydrogens is 210 g/mol. The smallest absolute Gasteiger partial charge is 0.293 e. The van der Waals surface area contributed by atoms with E-state index < -0.39 is 6.23 Å². The molecule has 1 aliphatic rings. The molecule has 0 aromatic heterocycles. The Morgan fingerprint density at radius 3 is 2.62 bits per heavy atom. The SMILES string of the molecule is CC1[C@H](N=[N+]=[N-])OC(COC=O)[C@@H](C)[C@@H]1C. The second-order valence-corrected chi connectivity index (χ2v) is 4.28. The van der Waals surface area contributed by atoms with Gasteiger partial charge in [0.2, 0.25) is 0 Å². The third kappa shape index (κ3) is 2.65. The molecule has 5 atom stereocenters. The van der Waals surface area contributed by atoms with E-state index in [9.17, 15) is 4.79 Å². The van der Waals surface area contributed by atoms with Crippen LogP contribution in [0.2, 0.25) is 0 Å². The number of carbonyl (C=O) groups is 1. The molecule has 0 aromatic rings. The average Bonchev–Trinajstić information content (AvgIpc) is 2.28. The Bertz CT molecular complexity index is 291. The van der Waals surface area contributed by atoms with E-state index in [1.807, 2.05) is 13.8 Å². The van der Waals surface area contributed by atoms with Crippen LogP contribution in [0.3, 0.4) is 0 Å². The number of hydrogen-bond donors (Lipinski definition) is 0. The molecule has 90 valence electrons. The summed E-state index contributed by atoms with van der Waals surface area (Å²) in [6, 6.07) is 0. The van der Waals surface area contributed by atoms with E-state index in [0.717, 1.165) is 0 Å². The van der Waals surface area contributed by atoms with Gasteiger partial charge in [-0.3, -0.25) is 4.79 Å². The number of hydrogen-bond acceptors (Lipinski definition) is 4. The topological polar surface area (TPSA) is 84.3 Å². The Morgan fingerprint density at radius 1 is 1.38 bits per heavy atom. The van der Waals surface area contributed by atoms with E-state index >= 15 is 0 Å². The molecular formula is C10H17N3O3. The predicted octanol–water partition coefficient (Wildman–Crippen LogP) is 2.10. The lowest BCUT2D eigenvalue weighted by Gasteiger charge is -2.41. The van der Waals surface area contributed by atoms with Crippen LogP contribution in [0.4, 0.5) is 0 Å². The first kappa shape index (κ1) is 12.8. The van der Waals surface area contributed by atoms with Gasteiger partial charge in [-0.15, -0.1) is 0 Å². The van der Waals surface area contributed by atoms with E-state index in [4.69, 9.17) is 15.0 Å². The zero-order valence-electron chi connectivity index (χ0n) is 9.74. The van der Waals surface area contributed by atoms with Crippen molar-refractivity contribution >= 4 is 6.47 Å². The molecule has 0 radical (unpaired) electrons. The van der Waals surface area contributed by atoms with Crippen molar-refractivity contribution in [2.75, 3.05) is 6.61 Å². The van der Waals surface area contributed by atoms with Crippen LogP contribution in [-0.2, 0) is 14.3 Å². The molecule has 1 rings (SSSR count). The fourth-order valence-corrected chi connectivity index (χ4v) is 2.01. The van der Waals surface area contributed by atoms with Gasteiger partial charge in [-0.05, 0) is 23.3 Å². The van der Waals surface area contributed by atoms with Crippen molar-refractivity contribution in [3.8, 4) is 0 Å². The molecule has 0 bridgehead atoms. The van der Waals surface area contributed by atoms with E-state index in [-0.39, 0.29) is 24.5 Å². The van der Waals surface area contributed by atoms with Crippen LogP contribution in [0, 0.1) is 17.8 Å². The second-order valence-electron chi connectivity index (χ2n) is 4.28. The molecule has 1 aliphatic heterocycles. The van der Waals surface area contributed by atoms with Crippen molar-refractivity contribution in [3.63, 3.8) is 0 Å². The Balaban J connectivity index is 2.72. The Morgan fingerprint density at radius 2 is 2.06 bits per heavy atom. The molecule has 6 heteroatoms. The van der Waals surface area contributed by atoms with Gasteiger partial charge >= 0.3 is 0 Å². The van der Waals surface area contributed by atoms with Gasteiger partial charge < -0.3 is 9.47 Å². The van der Waals surface area contributed by atoms with Crippen LogP contribution in [-0.4, -0.2) is 25.4 Å². The zero-order valence-corrected chi connectivity index (χ0v) is 9.74. The van der Waals surface area contributed by atoms with Crippen LogP contribution in [0.5, 0.6) is 0 Å². The number of ether oxygens (including phenoxy) is 2. The van der Waals surface area contributed by atoms with E-state index in [1.54, 1.807) is 0 Å². The first-order chi connectivity index (χ1) is 7.61. The third-order valence-corrected chi connectivity index (χ3v) is 3.50. The molecule has 16 heavy (non-hydrogen) atoms. The Kier molecular flexibility index (Phi) is 4.58. The molecule has 1 fully saturated rings. The Labute approximate surface area is 94.5 Å². The van der Waals surface area contributed by atoms with Crippen molar-refractivity contribution in [2.45, 2.75) is 33.1 Å². The van der Waals surface area contributed by atoms with Crippen LogP contribution >= 0.6 is 0 Å². The first-order valence-electron chi connectivity index (χ1n) is 5.36. The summed E-state index contributed by atoms with van der Waals surface area (Å²) in [5.74, 6) is 0.781. The fraction of sp³-hybridized carbons (Fsp3) is 0.900. The van der Waals surface area contributed by atoms with E-state index in [2.05, 4.69) is 16.9 Å². The predicted molar refractivity (Wildman–Crippen MR) is 57.3 cm³/mol. The lowest BCUT2D eigenvalue weighted by atomic mass is 9.78. The van der Waals surface area contributed by atoms with E-state index in [0.29, 0.717) is 12.4 Å². The monoisotopic (exact) mass is 227 g/mol. The highest BCUT2D eigenvalue weighted by Gasteiger charge is 2.38. The van der Waals surface area contributed by atoms with Crippen molar-refractivity contribution < 1.29 is 14.3 Å². The van der Waals surface area contributed by atoms with Gasteiger partial charge in [0.05, 0.1) is 6.10 Å². The highest BCUT2D eigenvalue weighted by Crippen LogP contribution is 2.35. The van der Waals surface area contributed by atoms with Crippen molar-refractivity contribution in [3.05, 3.63) is 10.4 Å².